The van der Waals surface area contributed by atoms with Crippen LogP contribution in [0.3, 0.4) is 0 Å². The molecular formula is C23H23ClN2O2. The maximum Gasteiger partial charge on any atom is 0.255 e. The Balaban J connectivity index is 1.88. The number of hydrogen-bond donors (Lipinski definition) is 0. The molecular weight excluding hydrogens is 372 g/mol. The van der Waals surface area contributed by atoms with Crippen LogP contribution in [0.25, 0.3) is 0 Å². The largest absolute Gasteiger partial charge is 0.496 e. The van der Waals surface area contributed by atoms with Crippen LogP contribution in [0.15, 0.2) is 72.9 Å². The minimum absolute atomic E-state index is 0.0420. The third kappa shape index (κ3) is 4.90. The number of benzene rings is 2. The number of nitrogens with zero attached hydrogens (tertiary/aromatic N) is 2. The van der Waals surface area contributed by atoms with Crippen molar-refractivity contribution in [3.8, 4) is 5.75 Å². The van der Waals surface area contributed by atoms with Gasteiger partial charge in [-0.1, -0.05) is 60.1 Å². The number of pyridine rings is 1. The molecule has 0 saturated heterocycles. The average Bonchev–Trinajstić information content (AvgIpc) is 2.73. The summed E-state index contributed by atoms with van der Waals surface area (Å²) in [7, 11) is 1.66. The number of carbonyl (C=O) groups is 1. The van der Waals surface area contributed by atoms with Gasteiger partial charge in [-0.3, -0.25) is 4.79 Å². The minimum Gasteiger partial charge on any atom is -0.496 e. The molecule has 0 aliphatic heterocycles. The number of amides is 1. The van der Waals surface area contributed by atoms with Crippen LogP contribution in [0.4, 0.5) is 0 Å². The highest BCUT2D eigenvalue weighted by atomic mass is 35.5. The van der Waals surface area contributed by atoms with E-state index in [-0.39, 0.29) is 11.9 Å². The monoisotopic (exact) mass is 394 g/mol. The van der Waals surface area contributed by atoms with Crippen molar-refractivity contribution in [2.75, 3.05) is 7.11 Å². The SMILES string of the molecule is COc1ccccc1CC(C)N(Cc1ccccc1)C(=O)c1ccc(Cl)nc1. The van der Waals surface area contributed by atoms with Crippen LogP contribution in [-0.2, 0) is 13.0 Å². The number of rotatable bonds is 7. The van der Waals surface area contributed by atoms with Gasteiger partial charge in [0.2, 0.25) is 0 Å². The van der Waals surface area contributed by atoms with Crippen molar-refractivity contribution in [1.29, 1.82) is 0 Å². The van der Waals surface area contributed by atoms with E-state index >= 15 is 0 Å². The molecule has 1 unspecified atom stereocenters. The minimum atomic E-state index is -0.0737. The number of halogens is 1. The van der Waals surface area contributed by atoms with Crippen LogP contribution in [-0.4, -0.2) is 28.9 Å². The highest BCUT2D eigenvalue weighted by Crippen LogP contribution is 2.23. The maximum absolute atomic E-state index is 13.3. The Morgan fingerprint density at radius 3 is 2.46 bits per heavy atom. The molecule has 0 N–H and O–H groups in total. The van der Waals surface area contributed by atoms with E-state index in [4.69, 9.17) is 16.3 Å². The Labute approximate surface area is 170 Å². The molecule has 4 nitrogen and oxygen atoms in total. The van der Waals surface area contributed by atoms with Gasteiger partial charge in [0, 0.05) is 18.8 Å². The lowest BCUT2D eigenvalue weighted by atomic mass is 10.0. The molecule has 0 radical (unpaired) electrons. The predicted molar refractivity (Wildman–Crippen MR) is 112 cm³/mol. The van der Waals surface area contributed by atoms with Crippen molar-refractivity contribution in [3.05, 3.63) is 94.8 Å². The standard InChI is InChI=1S/C23H23ClN2O2/c1-17(14-19-10-6-7-11-21(19)28-2)26(16-18-8-4-3-5-9-18)23(27)20-12-13-22(24)25-15-20/h3-13,15,17H,14,16H2,1-2H3. The van der Waals surface area contributed by atoms with Gasteiger partial charge in [-0.2, -0.15) is 0 Å². The van der Waals surface area contributed by atoms with Crippen molar-refractivity contribution < 1.29 is 9.53 Å². The van der Waals surface area contributed by atoms with Crippen molar-refractivity contribution in [3.63, 3.8) is 0 Å². The van der Waals surface area contributed by atoms with Crippen LogP contribution in [0, 0.1) is 0 Å². The Morgan fingerprint density at radius 1 is 1.07 bits per heavy atom. The summed E-state index contributed by atoms with van der Waals surface area (Å²) >= 11 is 5.88. The summed E-state index contributed by atoms with van der Waals surface area (Å²) in [4.78, 5) is 19.2. The van der Waals surface area contributed by atoms with Gasteiger partial charge >= 0.3 is 0 Å². The van der Waals surface area contributed by atoms with Crippen LogP contribution >= 0.6 is 11.6 Å². The second kappa shape index (κ2) is 9.38. The summed E-state index contributed by atoms with van der Waals surface area (Å²) in [6, 6.07) is 21.2. The summed E-state index contributed by atoms with van der Waals surface area (Å²) in [5.41, 5.74) is 2.66. The molecule has 5 heteroatoms. The first kappa shape index (κ1) is 19.9. The molecule has 144 valence electrons. The molecule has 3 rings (SSSR count). The Hall–Kier alpha value is -2.85. The maximum atomic E-state index is 13.3. The second-order valence-corrected chi connectivity index (χ2v) is 7.04. The van der Waals surface area contributed by atoms with Gasteiger partial charge in [0.15, 0.2) is 0 Å². The summed E-state index contributed by atoms with van der Waals surface area (Å²) in [5.74, 6) is 0.755. The van der Waals surface area contributed by atoms with E-state index < -0.39 is 0 Å². The molecule has 3 aromatic rings. The first-order chi connectivity index (χ1) is 13.6. The van der Waals surface area contributed by atoms with E-state index in [0.29, 0.717) is 23.7 Å². The molecule has 1 atom stereocenters. The van der Waals surface area contributed by atoms with Crippen molar-refractivity contribution in [2.45, 2.75) is 25.9 Å². The lowest BCUT2D eigenvalue weighted by Gasteiger charge is -2.30. The van der Waals surface area contributed by atoms with Gasteiger partial charge in [0.25, 0.3) is 5.91 Å². The highest BCUT2D eigenvalue weighted by molar-refractivity contribution is 6.29. The zero-order valence-corrected chi connectivity index (χ0v) is 16.8. The molecule has 0 fully saturated rings. The molecule has 1 heterocycles. The van der Waals surface area contributed by atoms with Gasteiger partial charge in [0.1, 0.15) is 10.9 Å². The topological polar surface area (TPSA) is 42.4 Å². The van der Waals surface area contributed by atoms with Crippen molar-refractivity contribution >= 4 is 17.5 Å². The van der Waals surface area contributed by atoms with Gasteiger partial charge in [-0.05, 0) is 42.7 Å². The molecule has 2 aromatic carbocycles. The quantitative estimate of drug-likeness (QED) is 0.528. The summed E-state index contributed by atoms with van der Waals surface area (Å²) in [5, 5.41) is 0.369. The van der Waals surface area contributed by atoms with E-state index in [1.807, 2.05) is 59.5 Å². The van der Waals surface area contributed by atoms with Crippen LogP contribution < -0.4 is 4.74 Å². The second-order valence-electron chi connectivity index (χ2n) is 6.65. The highest BCUT2D eigenvalue weighted by Gasteiger charge is 2.23. The third-order valence-electron chi connectivity index (χ3n) is 4.67. The smallest absolute Gasteiger partial charge is 0.255 e. The zero-order chi connectivity index (χ0) is 19.9. The van der Waals surface area contributed by atoms with Gasteiger partial charge in [-0.15, -0.1) is 0 Å². The molecule has 1 amide bonds. The third-order valence-corrected chi connectivity index (χ3v) is 4.89. The van der Waals surface area contributed by atoms with E-state index in [1.54, 1.807) is 19.2 Å². The molecule has 1 aromatic heterocycles. The Kier molecular flexibility index (Phi) is 6.66. The number of methoxy groups -OCH3 is 1. The van der Waals surface area contributed by atoms with E-state index in [9.17, 15) is 4.79 Å². The van der Waals surface area contributed by atoms with Gasteiger partial charge in [0.05, 0.1) is 12.7 Å². The van der Waals surface area contributed by atoms with E-state index in [0.717, 1.165) is 16.9 Å². The van der Waals surface area contributed by atoms with E-state index in [1.165, 1.54) is 6.20 Å². The first-order valence-corrected chi connectivity index (χ1v) is 9.54. The number of carbonyl (C=O) groups excluding carboxylic acids is 1. The lowest BCUT2D eigenvalue weighted by molar-refractivity contribution is 0.0674. The zero-order valence-electron chi connectivity index (χ0n) is 16.0. The van der Waals surface area contributed by atoms with Gasteiger partial charge < -0.3 is 9.64 Å². The number of para-hydroxylation sites is 1. The lowest BCUT2D eigenvalue weighted by Crippen LogP contribution is -2.39. The summed E-state index contributed by atoms with van der Waals surface area (Å²) < 4.78 is 5.47. The van der Waals surface area contributed by atoms with Gasteiger partial charge in [-0.25, -0.2) is 4.98 Å². The van der Waals surface area contributed by atoms with Crippen molar-refractivity contribution in [2.24, 2.45) is 0 Å². The fourth-order valence-electron chi connectivity index (χ4n) is 3.18. The first-order valence-electron chi connectivity index (χ1n) is 9.17. The molecule has 0 aliphatic carbocycles. The predicted octanol–water partition coefficient (Wildman–Crippen LogP) is 5.02. The van der Waals surface area contributed by atoms with Crippen LogP contribution in [0.2, 0.25) is 5.15 Å². The van der Waals surface area contributed by atoms with E-state index in [2.05, 4.69) is 11.9 Å². The Bertz CT molecular complexity index is 913. The number of hydrogen-bond acceptors (Lipinski definition) is 3. The Morgan fingerprint density at radius 2 is 1.79 bits per heavy atom. The fourth-order valence-corrected chi connectivity index (χ4v) is 3.29. The molecule has 0 saturated carbocycles. The molecule has 28 heavy (non-hydrogen) atoms. The number of aromatic nitrogens is 1. The average molecular weight is 395 g/mol. The summed E-state index contributed by atoms with van der Waals surface area (Å²) in [6.07, 6.45) is 2.21. The normalized spacial score (nSPS) is 11.7. The molecule has 0 bridgehead atoms. The molecule has 0 spiro atoms. The molecule has 0 aliphatic rings. The van der Waals surface area contributed by atoms with Crippen LogP contribution in [0.5, 0.6) is 5.75 Å². The number of ether oxygens (including phenoxy) is 1. The van der Waals surface area contributed by atoms with Crippen molar-refractivity contribution in [1.82, 2.24) is 9.88 Å². The van der Waals surface area contributed by atoms with Crippen LogP contribution in [0.1, 0.15) is 28.4 Å². The fraction of sp³-hybridized carbons (Fsp3) is 0.217. The summed E-state index contributed by atoms with van der Waals surface area (Å²) in [6.45, 7) is 2.56.